The molecule has 6 heteroatoms. The molecule has 6 nitrogen and oxygen atoms in total. The number of benzene rings is 4. The predicted molar refractivity (Wildman–Crippen MR) is 105 cm³/mol. The van der Waals surface area contributed by atoms with Gasteiger partial charge in [0.25, 0.3) is 0 Å². The SMILES string of the molecule is O=Nc1c(O)c(C(=O)c2ccc(C(=O)O)c3ccccc23)cc2ccccc12. The van der Waals surface area contributed by atoms with E-state index in [-0.39, 0.29) is 22.4 Å². The number of aromatic carboxylic acids is 1. The van der Waals surface area contributed by atoms with Gasteiger partial charge < -0.3 is 10.2 Å². The Morgan fingerprint density at radius 2 is 1.32 bits per heavy atom. The van der Waals surface area contributed by atoms with Crippen LogP contribution < -0.4 is 0 Å². The third-order valence-corrected chi connectivity index (χ3v) is 4.73. The van der Waals surface area contributed by atoms with Gasteiger partial charge in [0.05, 0.1) is 11.1 Å². The van der Waals surface area contributed by atoms with Crippen molar-refractivity contribution in [2.75, 3.05) is 0 Å². The van der Waals surface area contributed by atoms with Crippen LogP contribution in [-0.2, 0) is 0 Å². The molecule has 0 aliphatic heterocycles. The zero-order chi connectivity index (χ0) is 19.8. The first-order chi connectivity index (χ1) is 13.5. The highest BCUT2D eigenvalue weighted by Crippen LogP contribution is 2.39. The molecule has 4 aromatic carbocycles. The van der Waals surface area contributed by atoms with Crippen LogP contribution in [0.15, 0.2) is 71.9 Å². The molecule has 0 aliphatic carbocycles. The molecule has 0 saturated carbocycles. The van der Waals surface area contributed by atoms with E-state index in [4.69, 9.17) is 0 Å². The summed E-state index contributed by atoms with van der Waals surface area (Å²) in [5.41, 5.74) is 0.0302. The molecule has 4 rings (SSSR count). The van der Waals surface area contributed by atoms with Gasteiger partial charge in [0.2, 0.25) is 0 Å². The van der Waals surface area contributed by atoms with Gasteiger partial charge in [-0.15, -0.1) is 4.91 Å². The normalized spacial score (nSPS) is 10.9. The second-order valence-corrected chi connectivity index (χ2v) is 6.27. The van der Waals surface area contributed by atoms with E-state index in [1.807, 2.05) is 0 Å². The van der Waals surface area contributed by atoms with Crippen molar-refractivity contribution in [3.63, 3.8) is 0 Å². The summed E-state index contributed by atoms with van der Waals surface area (Å²) in [4.78, 5) is 36.0. The number of nitroso groups, excluding NO2 is 1. The summed E-state index contributed by atoms with van der Waals surface area (Å²) >= 11 is 0. The smallest absolute Gasteiger partial charge is 0.336 e. The van der Waals surface area contributed by atoms with Crippen LogP contribution in [0, 0.1) is 4.91 Å². The molecule has 0 radical (unpaired) electrons. The van der Waals surface area contributed by atoms with E-state index in [9.17, 15) is 24.7 Å². The van der Waals surface area contributed by atoms with Crippen molar-refractivity contribution in [1.29, 1.82) is 0 Å². The van der Waals surface area contributed by atoms with Crippen LogP contribution in [0.1, 0.15) is 26.3 Å². The topological polar surface area (TPSA) is 104 Å². The second kappa shape index (κ2) is 6.59. The number of carbonyl (C=O) groups is 2. The van der Waals surface area contributed by atoms with Gasteiger partial charge in [-0.25, -0.2) is 4.79 Å². The number of carboxylic acid groups (broad SMARTS) is 1. The fraction of sp³-hybridized carbons (Fsp3) is 0. The number of fused-ring (bicyclic) bond motifs is 2. The summed E-state index contributed by atoms with van der Waals surface area (Å²) in [5.74, 6) is -2.12. The molecular formula is C22H13NO5. The molecule has 2 N–H and O–H groups in total. The first-order valence-corrected chi connectivity index (χ1v) is 8.40. The number of nitrogens with zero attached hydrogens (tertiary/aromatic N) is 1. The Bertz CT molecular complexity index is 1290. The van der Waals surface area contributed by atoms with Crippen molar-refractivity contribution in [3.05, 3.63) is 88.3 Å². The fourth-order valence-electron chi connectivity index (χ4n) is 3.41. The highest BCUT2D eigenvalue weighted by Gasteiger charge is 2.22. The molecule has 0 aromatic heterocycles. The Kier molecular flexibility index (Phi) is 4.08. The van der Waals surface area contributed by atoms with E-state index in [1.165, 1.54) is 18.2 Å². The minimum absolute atomic E-state index is 0.0680. The second-order valence-electron chi connectivity index (χ2n) is 6.27. The first-order valence-electron chi connectivity index (χ1n) is 8.40. The van der Waals surface area contributed by atoms with Crippen LogP contribution in [0.3, 0.4) is 0 Å². The van der Waals surface area contributed by atoms with Gasteiger partial charge in [0, 0.05) is 10.9 Å². The third-order valence-electron chi connectivity index (χ3n) is 4.73. The molecule has 0 aliphatic rings. The Balaban J connectivity index is 1.99. The summed E-state index contributed by atoms with van der Waals surface area (Å²) in [6, 6.07) is 17.7. The molecule has 136 valence electrons. The van der Waals surface area contributed by atoms with Gasteiger partial charge in [-0.3, -0.25) is 4.79 Å². The zero-order valence-electron chi connectivity index (χ0n) is 14.4. The van der Waals surface area contributed by atoms with Crippen LogP contribution >= 0.6 is 0 Å². The molecule has 28 heavy (non-hydrogen) atoms. The van der Waals surface area contributed by atoms with Gasteiger partial charge in [0.1, 0.15) is 0 Å². The van der Waals surface area contributed by atoms with E-state index in [2.05, 4.69) is 5.18 Å². The molecule has 0 unspecified atom stereocenters. The highest BCUT2D eigenvalue weighted by atomic mass is 16.4. The quantitative estimate of drug-likeness (QED) is 0.387. The van der Waals surface area contributed by atoms with Gasteiger partial charge in [-0.1, -0.05) is 48.5 Å². The van der Waals surface area contributed by atoms with Crippen LogP contribution in [0.25, 0.3) is 21.5 Å². The largest absolute Gasteiger partial charge is 0.505 e. The summed E-state index contributed by atoms with van der Waals surface area (Å²) in [6.07, 6.45) is 0. The van der Waals surface area contributed by atoms with Crippen molar-refractivity contribution in [2.45, 2.75) is 0 Å². The molecule has 4 aromatic rings. The molecule has 0 saturated heterocycles. The molecule has 0 heterocycles. The maximum atomic E-state index is 13.2. The van der Waals surface area contributed by atoms with Crippen LogP contribution in [-0.4, -0.2) is 22.0 Å². The molecule has 0 spiro atoms. The number of ketones is 1. The van der Waals surface area contributed by atoms with Crippen LogP contribution in [0.5, 0.6) is 5.75 Å². The van der Waals surface area contributed by atoms with Crippen LogP contribution in [0.4, 0.5) is 5.69 Å². The number of rotatable bonds is 4. The minimum Gasteiger partial charge on any atom is -0.505 e. The highest BCUT2D eigenvalue weighted by molar-refractivity contribution is 6.21. The van der Waals surface area contributed by atoms with Gasteiger partial charge >= 0.3 is 5.97 Å². The monoisotopic (exact) mass is 371 g/mol. The van der Waals surface area contributed by atoms with E-state index in [0.29, 0.717) is 21.5 Å². The number of phenolic OH excluding ortho intramolecular Hbond substituents is 1. The van der Waals surface area contributed by atoms with Crippen molar-refractivity contribution in [3.8, 4) is 5.75 Å². The lowest BCUT2D eigenvalue weighted by atomic mass is 9.92. The Labute approximate surface area is 158 Å². The Hall–Kier alpha value is -4.06. The molecule has 0 atom stereocenters. The average molecular weight is 371 g/mol. The van der Waals surface area contributed by atoms with Crippen molar-refractivity contribution in [2.24, 2.45) is 5.18 Å². The number of aromatic hydroxyl groups is 1. The lowest BCUT2D eigenvalue weighted by Gasteiger charge is -2.11. The molecule has 0 fully saturated rings. The maximum Gasteiger partial charge on any atom is 0.336 e. The predicted octanol–water partition coefficient (Wildman–Crippen LogP) is 5.03. The number of carbonyl (C=O) groups excluding carboxylic acids is 1. The standard InChI is InChI=1S/C22H13NO5/c24-20(16-9-10-17(22(26)27)15-8-4-3-7-14(15)16)18-11-12-5-1-2-6-13(12)19(23-28)21(18)25/h1-11,25H,(H,26,27). The number of hydrogen-bond donors (Lipinski definition) is 2. The molecule has 0 bridgehead atoms. The minimum atomic E-state index is -1.10. The summed E-state index contributed by atoms with van der Waals surface area (Å²) in [7, 11) is 0. The van der Waals surface area contributed by atoms with E-state index >= 15 is 0 Å². The molecular weight excluding hydrogens is 358 g/mol. The molecule has 0 amide bonds. The Morgan fingerprint density at radius 3 is 1.96 bits per heavy atom. The first kappa shape index (κ1) is 17.4. The summed E-state index contributed by atoms with van der Waals surface area (Å²) in [6.45, 7) is 0. The lowest BCUT2D eigenvalue weighted by Crippen LogP contribution is -2.06. The Morgan fingerprint density at radius 1 is 0.750 bits per heavy atom. The fourth-order valence-corrected chi connectivity index (χ4v) is 3.41. The van der Waals surface area contributed by atoms with Gasteiger partial charge in [-0.05, 0) is 39.5 Å². The maximum absolute atomic E-state index is 13.2. The van der Waals surface area contributed by atoms with Crippen molar-refractivity contribution >= 4 is 39.0 Å². The van der Waals surface area contributed by atoms with Crippen LogP contribution in [0.2, 0.25) is 0 Å². The summed E-state index contributed by atoms with van der Waals surface area (Å²) in [5, 5.41) is 24.7. The number of phenols is 1. The van der Waals surface area contributed by atoms with Crippen molar-refractivity contribution < 1.29 is 19.8 Å². The summed E-state index contributed by atoms with van der Waals surface area (Å²) < 4.78 is 0. The third kappa shape index (κ3) is 2.59. The van der Waals surface area contributed by atoms with Gasteiger partial charge in [-0.2, -0.15) is 0 Å². The van der Waals surface area contributed by atoms with E-state index < -0.39 is 17.5 Å². The number of hydrogen-bond acceptors (Lipinski definition) is 5. The van der Waals surface area contributed by atoms with E-state index in [0.717, 1.165) is 0 Å². The lowest BCUT2D eigenvalue weighted by molar-refractivity contribution is 0.0698. The van der Waals surface area contributed by atoms with E-state index in [1.54, 1.807) is 48.5 Å². The zero-order valence-corrected chi connectivity index (χ0v) is 14.4. The number of carboxylic acids is 1. The van der Waals surface area contributed by atoms with Gasteiger partial charge in [0.15, 0.2) is 17.2 Å². The van der Waals surface area contributed by atoms with Crippen molar-refractivity contribution in [1.82, 2.24) is 0 Å². The average Bonchev–Trinajstić information content (AvgIpc) is 2.72.